The van der Waals surface area contributed by atoms with E-state index in [1.165, 1.54) is 18.4 Å². The maximum Gasteiger partial charge on any atom is 0.191 e. The van der Waals surface area contributed by atoms with Crippen LogP contribution < -0.4 is 20.1 Å². The van der Waals surface area contributed by atoms with Crippen LogP contribution in [0.2, 0.25) is 0 Å². The smallest absolute Gasteiger partial charge is 0.191 e. The van der Waals surface area contributed by atoms with Crippen molar-refractivity contribution < 1.29 is 14.6 Å². The molecule has 0 spiro atoms. The zero-order valence-corrected chi connectivity index (χ0v) is 19.4. The number of hydrogen-bond acceptors (Lipinski definition) is 5. The van der Waals surface area contributed by atoms with E-state index in [0.717, 1.165) is 36.9 Å². The summed E-state index contributed by atoms with van der Waals surface area (Å²) in [5.41, 5.74) is 2.08. The molecule has 1 heterocycles. The highest BCUT2D eigenvalue weighted by molar-refractivity contribution is 5.79. The number of nitrogens with zero attached hydrogens (tertiary/aromatic N) is 2. The van der Waals surface area contributed by atoms with Gasteiger partial charge in [0.1, 0.15) is 5.75 Å². The standard InChI is InChI=1S/C25H36N4O3/c1-4-26-25(27-14-13-19-9-8-12-23(32-3)24(19)30)28-18-22(29-15-5-6-16-29)20-10-7-11-21(17-20)31-2/h7-12,17,22,30H,4-6,13-16,18H2,1-3H3,(H2,26,27,28). The number of benzene rings is 2. The fourth-order valence-electron chi connectivity index (χ4n) is 4.10. The van der Waals surface area contributed by atoms with Crippen LogP contribution in [0.4, 0.5) is 0 Å². The van der Waals surface area contributed by atoms with Crippen molar-refractivity contribution in [2.75, 3.05) is 46.9 Å². The third-order valence-electron chi connectivity index (χ3n) is 5.82. The lowest BCUT2D eigenvalue weighted by atomic mass is 10.1. The van der Waals surface area contributed by atoms with Crippen LogP contribution in [0.3, 0.4) is 0 Å². The molecule has 1 saturated heterocycles. The van der Waals surface area contributed by atoms with Crippen molar-refractivity contribution in [3.05, 3.63) is 53.6 Å². The number of para-hydroxylation sites is 1. The fraction of sp³-hybridized carbons (Fsp3) is 0.480. The Balaban J connectivity index is 1.68. The summed E-state index contributed by atoms with van der Waals surface area (Å²) in [7, 11) is 3.27. The van der Waals surface area contributed by atoms with Crippen LogP contribution in [0.15, 0.2) is 47.5 Å². The lowest BCUT2D eigenvalue weighted by Crippen LogP contribution is -2.39. The van der Waals surface area contributed by atoms with Crippen LogP contribution in [0.25, 0.3) is 0 Å². The number of phenols is 1. The number of aliphatic imine (C=N–C) groups is 1. The molecule has 32 heavy (non-hydrogen) atoms. The zero-order chi connectivity index (χ0) is 22.8. The maximum absolute atomic E-state index is 10.3. The number of methoxy groups -OCH3 is 2. The van der Waals surface area contributed by atoms with Crippen molar-refractivity contribution in [2.24, 2.45) is 4.99 Å². The molecular formula is C25H36N4O3. The van der Waals surface area contributed by atoms with E-state index < -0.39 is 0 Å². The van der Waals surface area contributed by atoms with Crippen molar-refractivity contribution in [3.8, 4) is 17.2 Å². The van der Waals surface area contributed by atoms with Crippen LogP contribution in [0.5, 0.6) is 17.2 Å². The molecule has 1 aliphatic heterocycles. The summed E-state index contributed by atoms with van der Waals surface area (Å²) in [6.45, 7) is 6.34. The van der Waals surface area contributed by atoms with Crippen LogP contribution in [-0.4, -0.2) is 62.9 Å². The summed E-state index contributed by atoms with van der Waals surface area (Å²) in [5, 5.41) is 17.0. The first-order chi connectivity index (χ1) is 15.7. The molecule has 0 amide bonds. The van der Waals surface area contributed by atoms with Crippen molar-refractivity contribution in [3.63, 3.8) is 0 Å². The summed E-state index contributed by atoms with van der Waals surface area (Å²) in [6, 6.07) is 14.1. The van der Waals surface area contributed by atoms with Gasteiger partial charge >= 0.3 is 0 Å². The van der Waals surface area contributed by atoms with Gasteiger partial charge in [-0.1, -0.05) is 24.3 Å². The van der Waals surface area contributed by atoms with Gasteiger partial charge in [-0.25, -0.2) is 0 Å². The van der Waals surface area contributed by atoms with E-state index in [0.29, 0.717) is 25.3 Å². The second kappa shape index (κ2) is 12.2. The Hall–Kier alpha value is -2.93. The summed E-state index contributed by atoms with van der Waals surface area (Å²) < 4.78 is 10.6. The predicted molar refractivity (Wildman–Crippen MR) is 129 cm³/mol. The minimum Gasteiger partial charge on any atom is -0.504 e. The Bertz CT molecular complexity index is 881. The highest BCUT2D eigenvalue weighted by Gasteiger charge is 2.23. The number of guanidine groups is 1. The topological polar surface area (TPSA) is 78.4 Å². The van der Waals surface area contributed by atoms with Gasteiger partial charge in [0.2, 0.25) is 0 Å². The second-order valence-corrected chi connectivity index (χ2v) is 7.90. The van der Waals surface area contributed by atoms with E-state index in [9.17, 15) is 5.11 Å². The normalized spacial score (nSPS) is 15.4. The molecule has 1 aliphatic rings. The van der Waals surface area contributed by atoms with Crippen molar-refractivity contribution in [1.29, 1.82) is 0 Å². The molecule has 0 bridgehead atoms. The number of phenolic OH excluding ortho intramolecular Hbond substituents is 1. The Morgan fingerprint density at radius 3 is 2.59 bits per heavy atom. The molecule has 1 atom stereocenters. The SMILES string of the molecule is CCNC(=NCC(c1cccc(OC)c1)N1CCCC1)NCCc1cccc(OC)c1O. The summed E-state index contributed by atoms with van der Waals surface area (Å²) in [4.78, 5) is 7.41. The van der Waals surface area contributed by atoms with Crippen molar-refractivity contribution in [2.45, 2.75) is 32.2 Å². The highest BCUT2D eigenvalue weighted by Crippen LogP contribution is 2.30. The molecule has 0 aromatic heterocycles. The number of likely N-dealkylation sites (tertiary alicyclic amines) is 1. The second-order valence-electron chi connectivity index (χ2n) is 7.90. The summed E-state index contributed by atoms with van der Waals surface area (Å²) >= 11 is 0. The van der Waals surface area contributed by atoms with Crippen molar-refractivity contribution in [1.82, 2.24) is 15.5 Å². The van der Waals surface area contributed by atoms with Gasteiger partial charge in [-0.2, -0.15) is 0 Å². The monoisotopic (exact) mass is 440 g/mol. The van der Waals surface area contributed by atoms with Gasteiger partial charge in [0.15, 0.2) is 17.5 Å². The van der Waals surface area contributed by atoms with E-state index in [-0.39, 0.29) is 11.8 Å². The van der Waals surface area contributed by atoms with Crippen LogP contribution >= 0.6 is 0 Å². The highest BCUT2D eigenvalue weighted by atomic mass is 16.5. The van der Waals surface area contributed by atoms with Gasteiger partial charge in [-0.15, -0.1) is 0 Å². The number of aromatic hydroxyl groups is 1. The average molecular weight is 441 g/mol. The van der Waals surface area contributed by atoms with Gasteiger partial charge in [0, 0.05) is 13.1 Å². The molecule has 0 saturated carbocycles. The molecule has 3 rings (SSSR count). The van der Waals surface area contributed by atoms with E-state index >= 15 is 0 Å². The molecule has 2 aromatic carbocycles. The lowest BCUT2D eigenvalue weighted by Gasteiger charge is -2.27. The number of rotatable bonds is 10. The van der Waals surface area contributed by atoms with Gasteiger partial charge in [-0.3, -0.25) is 9.89 Å². The first-order valence-electron chi connectivity index (χ1n) is 11.4. The minimum atomic E-state index is 0.200. The first-order valence-corrected chi connectivity index (χ1v) is 11.4. The molecule has 7 heteroatoms. The average Bonchev–Trinajstić information content (AvgIpc) is 3.35. The number of hydrogen-bond donors (Lipinski definition) is 3. The van der Waals surface area contributed by atoms with Crippen LogP contribution in [0, 0.1) is 0 Å². The number of nitrogens with one attached hydrogen (secondary N) is 2. The Labute approximate surface area is 191 Å². The Morgan fingerprint density at radius 1 is 1.09 bits per heavy atom. The lowest BCUT2D eigenvalue weighted by molar-refractivity contribution is 0.251. The molecule has 0 aliphatic carbocycles. The fourth-order valence-corrected chi connectivity index (χ4v) is 4.10. The van der Waals surface area contributed by atoms with Crippen LogP contribution in [0.1, 0.15) is 36.9 Å². The summed E-state index contributed by atoms with van der Waals surface area (Å²) in [5.74, 6) is 2.35. The largest absolute Gasteiger partial charge is 0.504 e. The third kappa shape index (κ3) is 6.29. The van der Waals surface area contributed by atoms with E-state index in [1.54, 1.807) is 20.3 Å². The van der Waals surface area contributed by atoms with E-state index in [4.69, 9.17) is 14.5 Å². The van der Waals surface area contributed by atoms with E-state index in [1.807, 2.05) is 24.3 Å². The van der Waals surface area contributed by atoms with Gasteiger partial charge in [0.25, 0.3) is 0 Å². The van der Waals surface area contributed by atoms with Gasteiger partial charge < -0.3 is 25.2 Å². The molecule has 1 unspecified atom stereocenters. The molecule has 2 aromatic rings. The molecular weight excluding hydrogens is 404 g/mol. The van der Waals surface area contributed by atoms with E-state index in [2.05, 4.69) is 34.6 Å². The Morgan fingerprint density at radius 2 is 1.88 bits per heavy atom. The number of ether oxygens (including phenoxy) is 2. The van der Waals surface area contributed by atoms with Crippen molar-refractivity contribution >= 4 is 5.96 Å². The molecule has 7 nitrogen and oxygen atoms in total. The van der Waals surface area contributed by atoms with Gasteiger partial charge in [-0.05, 0) is 68.6 Å². The van der Waals surface area contributed by atoms with Gasteiger partial charge in [0.05, 0.1) is 26.8 Å². The first kappa shape index (κ1) is 23.7. The molecule has 1 fully saturated rings. The third-order valence-corrected chi connectivity index (χ3v) is 5.82. The predicted octanol–water partition coefficient (Wildman–Crippen LogP) is 3.34. The minimum absolute atomic E-state index is 0.200. The zero-order valence-electron chi connectivity index (χ0n) is 19.4. The Kier molecular flexibility index (Phi) is 9.04. The maximum atomic E-state index is 10.3. The molecule has 3 N–H and O–H groups in total. The summed E-state index contributed by atoms with van der Waals surface area (Å²) in [6.07, 6.45) is 3.12. The van der Waals surface area contributed by atoms with Crippen LogP contribution in [-0.2, 0) is 6.42 Å². The quantitative estimate of drug-likeness (QED) is 0.389. The molecule has 174 valence electrons. The molecule has 0 radical (unpaired) electrons.